The third-order valence-electron chi connectivity index (χ3n) is 5.02. The van der Waals surface area contributed by atoms with Crippen LogP contribution in [0, 0.1) is 17.8 Å². The summed E-state index contributed by atoms with van der Waals surface area (Å²) in [7, 11) is 0. The molecule has 0 aromatic heterocycles. The van der Waals surface area contributed by atoms with E-state index in [4.69, 9.17) is 4.74 Å². The molecular formula is C26H51FN2O3. The highest BCUT2D eigenvalue weighted by molar-refractivity contribution is 5.90. The van der Waals surface area contributed by atoms with Crippen molar-refractivity contribution < 1.29 is 18.7 Å². The van der Waals surface area contributed by atoms with E-state index in [9.17, 15) is 14.0 Å². The Labute approximate surface area is 198 Å². The number of amides is 2. The predicted octanol–water partition coefficient (Wildman–Crippen LogP) is 6.11. The average molecular weight is 459 g/mol. The molecule has 5 nitrogen and oxygen atoms in total. The Balaban J connectivity index is -0.000000429. The van der Waals surface area contributed by atoms with Crippen molar-refractivity contribution in [2.75, 3.05) is 39.4 Å². The Kier molecular flexibility index (Phi) is 24.5. The van der Waals surface area contributed by atoms with Crippen LogP contribution in [0.25, 0.3) is 0 Å². The lowest BCUT2D eigenvalue weighted by Crippen LogP contribution is -2.37. The van der Waals surface area contributed by atoms with E-state index in [-0.39, 0.29) is 5.91 Å². The van der Waals surface area contributed by atoms with Crippen molar-refractivity contribution in [3.05, 3.63) is 25.1 Å². The molecule has 2 amide bonds. The van der Waals surface area contributed by atoms with Gasteiger partial charge in [-0.05, 0) is 30.8 Å². The van der Waals surface area contributed by atoms with Crippen LogP contribution >= 0.6 is 0 Å². The number of piperidine rings is 1. The van der Waals surface area contributed by atoms with Crippen molar-refractivity contribution in [3.63, 3.8) is 0 Å². The van der Waals surface area contributed by atoms with E-state index in [0.29, 0.717) is 44.0 Å². The third kappa shape index (κ3) is 15.2. The van der Waals surface area contributed by atoms with Gasteiger partial charge in [-0.2, -0.15) is 0 Å². The highest BCUT2D eigenvalue weighted by Crippen LogP contribution is 2.17. The van der Waals surface area contributed by atoms with Crippen LogP contribution in [-0.4, -0.2) is 61.0 Å². The number of halogens is 1. The van der Waals surface area contributed by atoms with Gasteiger partial charge in [0.05, 0.1) is 13.2 Å². The van der Waals surface area contributed by atoms with Gasteiger partial charge in [0.25, 0.3) is 5.91 Å². The van der Waals surface area contributed by atoms with Gasteiger partial charge in [-0.1, -0.05) is 75.5 Å². The number of nitrogens with zero attached hydrogens (tertiary/aromatic N) is 2. The van der Waals surface area contributed by atoms with Gasteiger partial charge >= 0.3 is 0 Å². The fraction of sp³-hybridized carbons (Fsp3) is 0.769. The first kappa shape index (κ1) is 34.9. The molecule has 32 heavy (non-hydrogen) atoms. The molecule has 0 spiro atoms. The maximum absolute atomic E-state index is 12.4. The molecular weight excluding hydrogens is 407 g/mol. The quantitative estimate of drug-likeness (QED) is 0.479. The smallest absolute Gasteiger partial charge is 0.281 e. The van der Waals surface area contributed by atoms with Gasteiger partial charge in [-0.15, -0.1) is 0 Å². The number of rotatable bonds is 3. The zero-order chi connectivity index (χ0) is 25.7. The Morgan fingerprint density at radius 3 is 1.91 bits per heavy atom. The van der Waals surface area contributed by atoms with Gasteiger partial charge in [0.2, 0.25) is 5.91 Å². The van der Waals surface area contributed by atoms with Crippen LogP contribution in [0.4, 0.5) is 4.39 Å². The van der Waals surface area contributed by atoms with Crippen molar-refractivity contribution in [3.8, 4) is 0 Å². The minimum absolute atomic E-state index is 0.0150. The average Bonchev–Trinajstić information content (AvgIpc) is 3.09. The molecule has 0 saturated carbocycles. The fourth-order valence-corrected chi connectivity index (χ4v) is 2.95. The molecule has 2 rings (SSSR count). The van der Waals surface area contributed by atoms with Crippen molar-refractivity contribution in [1.29, 1.82) is 0 Å². The van der Waals surface area contributed by atoms with Crippen LogP contribution in [0.1, 0.15) is 75.2 Å². The SMILES string of the molecule is C=C(F)C(=O)N1CCC(C)CC1.C=CC(=O)N1CCOCC(C(C)C)C1.CC.CC.CC. The number of hydrogen-bond donors (Lipinski definition) is 0. The van der Waals surface area contributed by atoms with Crippen LogP contribution in [0.2, 0.25) is 0 Å². The monoisotopic (exact) mass is 458 g/mol. The Morgan fingerprint density at radius 1 is 1.00 bits per heavy atom. The van der Waals surface area contributed by atoms with E-state index < -0.39 is 11.7 Å². The Bertz CT molecular complexity index is 501. The fourth-order valence-electron chi connectivity index (χ4n) is 2.95. The van der Waals surface area contributed by atoms with Crippen LogP contribution < -0.4 is 0 Å². The van der Waals surface area contributed by atoms with Crippen molar-refractivity contribution in [2.45, 2.75) is 75.2 Å². The number of carbonyl (C=O) groups excluding carboxylic acids is 2. The molecule has 6 heteroatoms. The van der Waals surface area contributed by atoms with Gasteiger partial charge in [0.15, 0.2) is 5.83 Å². The lowest BCUT2D eigenvalue weighted by molar-refractivity contribution is -0.130. The molecule has 0 bridgehead atoms. The summed E-state index contributed by atoms with van der Waals surface area (Å²) in [5, 5.41) is 0. The molecule has 0 N–H and O–H groups in total. The van der Waals surface area contributed by atoms with Crippen molar-refractivity contribution >= 4 is 11.8 Å². The molecule has 2 heterocycles. The molecule has 2 aliphatic rings. The Morgan fingerprint density at radius 2 is 1.50 bits per heavy atom. The third-order valence-corrected chi connectivity index (χ3v) is 5.02. The maximum atomic E-state index is 12.4. The van der Waals surface area contributed by atoms with E-state index in [1.54, 1.807) is 0 Å². The maximum Gasteiger partial charge on any atom is 0.281 e. The highest BCUT2D eigenvalue weighted by atomic mass is 19.1. The minimum Gasteiger partial charge on any atom is -0.379 e. The second-order valence-electron chi connectivity index (χ2n) is 7.45. The van der Waals surface area contributed by atoms with Crippen LogP contribution in [-0.2, 0) is 14.3 Å². The summed E-state index contributed by atoms with van der Waals surface area (Å²) in [5.74, 6) is 0.282. The molecule has 2 aliphatic heterocycles. The predicted molar refractivity (Wildman–Crippen MR) is 135 cm³/mol. The molecule has 1 unspecified atom stereocenters. The lowest BCUT2D eigenvalue weighted by atomic mass is 9.96. The Hall–Kier alpha value is -1.69. The number of likely N-dealkylation sites (tertiary alicyclic amines) is 1. The zero-order valence-electron chi connectivity index (χ0n) is 22.4. The zero-order valence-corrected chi connectivity index (χ0v) is 22.4. The number of ether oxygens (including phenoxy) is 1. The normalized spacial score (nSPS) is 18.0. The van der Waals surface area contributed by atoms with E-state index in [0.717, 1.165) is 26.0 Å². The first-order chi connectivity index (χ1) is 15.3. The lowest BCUT2D eigenvalue weighted by Gasteiger charge is -2.29. The molecule has 0 aromatic rings. The van der Waals surface area contributed by atoms with Gasteiger partial charge < -0.3 is 14.5 Å². The molecule has 0 aromatic carbocycles. The summed E-state index contributed by atoms with van der Waals surface area (Å²) in [6.07, 6.45) is 3.32. The van der Waals surface area contributed by atoms with Gasteiger partial charge in [0.1, 0.15) is 0 Å². The summed E-state index contributed by atoms with van der Waals surface area (Å²) in [6, 6.07) is 0. The van der Waals surface area contributed by atoms with Crippen LogP contribution in [0.5, 0.6) is 0 Å². The number of hydrogen-bond acceptors (Lipinski definition) is 3. The first-order valence-corrected chi connectivity index (χ1v) is 12.4. The minimum atomic E-state index is -0.843. The van der Waals surface area contributed by atoms with Gasteiger partial charge in [-0.3, -0.25) is 9.59 Å². The standard InChI is InChI=1S/C11H19NO2.C9H14FNO.3C2H6/c1-4-11(13)12-5-6-14-8-10(7-12)9(2)3;1-7-3-5-11(6-4-7)9(12)8(2)10;3*1-2/h4,9-10H,1,5-8H2,2-3H3;7H,2-6H2,1H3;3*1-2H3. The molecule has 0 radical (unpaired) electrons. The van der Waals surface area contributed by atoms with Gasteiger partial charge in [-0.25, -0.2) is 4.39 Å². The summed E-state index contributed by atoms with van der Waals surface area (Å²) in [5.41, 5.74) is 0. The molecule has 0 aliphatic carbocycles. The van der Waals surface area contributed by atoms with E-state index in [1.165, 1.54) is 11.0 Å². The topological polar surface area (TPSA) is 49.9 Å². The second-order valence-corrected chi connectivity index (χ2v) is 7.45. The first-order valence-electron chi connectivity index (χ1n) is 12.4. The van der Waals surface area contributed by atoms with E-state index in [1.807, 2.05) is 46.4 Å². The summed E-state index contributed by atoms with van der Waals surface area (Å²) >= 11 is 0. The van der Waals surface area contributed by atoms with Crippen molar-refractivity contribution in [1.82, 2.24) is 9.80 Å². The van der Waals surface area contributed by atoms with E-state index >= 15 is 0 Å². The number of carbonyl (C=O) groups is 2. The summed E-state index contributed by atoms with van der Waals surface area (Å²) < 4.78 is 17.9. The molecule has 2 fully saturated rings. The van der Waals surface area contributed by atoms with E-state index in [2.05, 4.69) is 33.9 Å². The van der Waals surface area contributed by atoms with Crippen LogP contribution in [0.3, 0.4) is 0 Å². The summed E-state index contributed by atoms with van der Waals surface area (Å²) in [6.45, 7) is 29.2. The largest absolute Gasteiger partial charge is 0.379 e. The van der Waals surface area contributed by atoms with Gasteiger partial charge in [0, 0.05) is 32.1 Å². The molecule has 2 saturated heterocycles. The molecule has 190 valence electrons. The van der Waals surface area contributed by atoms with Crippen LogP contribution in [0.15, 0.2) is 25.1 Å². The summed E-state index contributed by atoms with van der Waals surface area (Å²) in [4.78, 5) is 25.9. The highest BCUT2D eigenvalue weighted by Gasteiger charge is 2.23. The van der Waals surface area contributed by atoms with Crippen molar-refractivity contribution in [2.24, 2.45) is 17.8 Å². The molecule has 1 atom stereocenters. The second kappa shape index (κ2) is 22.5.